The summed E-state index contributed by atoms with van der Waals surface area (Å²) < 4.78 is 47.9. The number of hydrogen-bond donors (Lipinski definition) is 3. The Morgan fingerprint density at radius 1 is 1.02 bits per heavy atom. The van der Waals surface area contributed by atoms with Crippen LogP contribution >= 0.6 is 23.2 Å². The van der Waals surface area contributed by atoms with Crippen molar-refractivity contribution in [2.75, 3.05) is 11.6 Å². The van der Waals surface area contributed by atoms with Gasteiger partial charge >= 0.3 is 0 Å². The first-order valence-corrected chi connectivity index (χ1v) is 18.0. The summed E-state index contributed by atoms with van der Waals surface area (Å²) in [7, 11) is -3.94. The van der Waals surface area contributed by atoms with Crippen molar-refractivity contribution in [1.82, 2.24) is 10.0 Å². The number of fused-ring (bicyclic) bond motifs is 2. The van der Waals surface area contributed by atoms with Crippen LogP contribution in [-0.4, -0.2) is 38.0 Å². The third-order valence-electron chi connectivity index (χ3n) is 8.96. The van der Waals surface area contributed by atoms with E-state index in [-0.39, 0.29) is 30.0 Å². The van der Waals surface area contributed by atoms with E-state index in [1.807, 2.05) is 13.8 Å². The van der Waals surface area contributed by atoms with Gasteiger partial charge in [0.05, 0.1) is 12.3 Å². The van der Waals surface area contributed by atoms with Gasteiger partial charge in [-0.05, 0) is 78.9 Å². The predicted molar refractivity (Wildman–Crippen MR) is 179 cm³/mol. The third-order valence-corrected chi connectivity index (χ3v) is 9.98. The molecule has 0 aliphatic carbocycles. The van der Waals surface area contributed by atoms with Gasteiger partial charge in [0.25, 0.3) is 5.91 Å². The molecule has 5 rings (SSSR count). The van der Waals surface area contributed by atoms with Crippen molar-refractivity contribution in [2.45, 2.75) is 75.9 Å². The van der Waals surface area contributed by atoms with Gasteiger partial charge in [0.1, 0.15) is 17.0 Å². The van der Waals surface area contributed by atoms with E-state index >= 15 is 0 Å². The average molecular weight is 705 g/mol. The Bertz CT molecular complexity index is 1860. The smallest absolute Gasteiger partial charge is 0.277 e. The quantitative estimate of drug-likeness (QED) is 0.222. The molecule has 250 valence electrons. The minimum absolute atomic E-state index is 0.156. The summed E-state index contributed by atoms with van der Waals surface area (Å²) in [5.41, 5.74) is -0.788. The van der Waals surface area contributed by atoms with Crippen LogP contribution in [0.3, 0.4) is 0 Å². The van der Waals surface area contributed by atoms with Crippen LogP contribution < -0.4 is 20.1 Å². The standard InChI is InChI=1S/C34H36Cl2FN3O6S/c1-5-13-33(14-6-2,31(42)40-47(4,44)45)46-28-12-9-20(35)15-24(28)26-18-29(41)39-30(23-17-22(37)10-7-19(23)3)34(26)25-11-8-21(36)16-27(25)38-32(34)43/h7-12,15-17,26,30H,5-6,13-14,18H2,1-4H3,(H,38,43)(H,39,41)(H,40,42)/t26-,30+,34-/m1/s1. The van der Waals surface area contributed by atoms with E-state index in [0.29, 0.717) is 45.8 Å². The van der Waals surface area contributed by atoms with Crippen LogP contribution in [0.1, 0.15) is 80.2 Å². The number of halogens is 3. The first-order chi connectivity index (χ1) is 22.1. The Morgan fingerprint density at radius 2 is 1.68 bits per heavy atom. The van der Waals surface area contributed by atoms with E-state index in [9.17, 15) is 27.2 Å². The molecule has 3 N–H and O–H groups in total. The number of rotatable bonds is 10. The molecule has 0 bridgehead atoms. The van der Waals surface area contributed by atoms with Gasteiger partial charge in [0.15, 0.2) is 5.60 Å². The number of nitrogens with one attached hydrogen (secondary N) is 3. The minimum Gasteiger partial charge on any atom is -0.477 e. The van der Waals surface area contributed by atoms with Crippen molar-refractivity contribution in [3.8, 4) is 5.75 Å². The molecule has 0 aromatic heterocycles. The Labute approximate surface area is 283 Å². The van der Waals surface area contributed by atoms with Crippen molar-refractivity contribution in [3.05, 3.63) is 92.7 Å². The molecule has 9 nitrogen and oxygen atoms in total. The number of sulfonamides is 1. The van der Waals surface area contributed by atoms with Gasteiger partial charge in [-0.2, -0.15) is 0 Å². The third kappa shape index (κ3) is 6.45. The van der Waals surface area contributed by atoms with E-state index < -0.39 is 56.5 Å². The van der Waals surface area contributed by atoms with Gasteiger partial charge in [-0.3, -0.25) is 14.4 Å². The van der Waals surface area contributed by atoms with E-state index in [0.717, 1.165) is 6.26 Å². The predicted octanol–water partition coefficient (Wildman–Crippen LogP) is 6.47. The number of ether oxygens (including phenoxy) is 1. The lowest BCUT2D eigenvalue weighted by molar-refractivity contribution is -0.137. The normalized spacial score (nSPS) is 20.8. The zero-order valence-corrected chi connectivity index (χ0v) is 28.7. The van der Waals surface area contributed by atoms with Gasteiger partial charge < -0.3 is 15.4 Å². The van der Waals surface area contributed by atoms with Gasteiger partial charge in [0.2, 0.25) is 21.8 Å². The molecule has 0 radical (unpaired) electrons. The van der Waals surface area contributed by atoms with Crippen molar-refractivity contribution in [1.29, 1.82) is 0 Å². The Kier molecular flexibility index (Phi) is 9.65. The molecule has 0 unspecified atom stereocenters. The molecule has 47 heavy (non-hydrogen) atoms. The molecule has 1 saturated heterocycles. The molecule has 3 atom stereocenters. The lowest BCUT2D eigenvalue weighted by atomic mass is 9.59. The van der Waals surface area contributed by atoms with Crippen LogP contribution in [0, 0.1) is 12.7 Å². The largest absolute Gasteiger partial charge is 0.477 e. The van der Waals surface area contributed by atoms with E-state index in [1.54, 1.807) is 49.4 Å². The molecule has 13 heteroatoms. The Balaban J connectivity index is 1.79. The summed E-state index contributed by atoms with van der Waals surface area (Å²) in [6.07, 6.45) is 2.01. The summed E-state index contributed by atoms with van der Waals surface area (Å²) in [5.74, 6) is -3.02. The maximum atomic E-state index is 14.8. The van der Waals surface area contributed by atoms with E-state index in [1.165, 1.54) is 12.1 Å². The highest BCUT2D eigenvalue weighted by atomic mass is 35.5. The summed E-state index contributed by atoms with van der Waals surface area (Å²) in [6, 6.07) is 12.8. The topological polar surface area (TPSA) is 131 Å². The van der Waals surface area contributed by atoms with Gasteiger partial charge in [-0.1, -0.05) is 62.0 Å². The maximum Gasteiger partial charge on any atom is 0.277 e. The van der Waals surface area contributed by atoms with E-state index in [4.69, 9.17) is 27.9 Å². The monoisotopic (exact) mass is 703 g/mol. The lowest BCUT2D eigenvalue weighted by Gasteiger charge is -2.47. The summed E-state index contributed by atoms with van der Waals surface area (Å²) in [6.45, 7) is 5.47. The van der Waals surface area contributed by atoms with Crippen molar-refractivity contribution in [3.63, 3.8) is 0 Å². The molecule has 3 aromatic rings. The molecular weight excluding hydrogens is 668 g/mol. The van der Waals surface area contributed by atoms with Crippen molar-refractivity contribution >= 4 is 56.6 Å². The molecule has 0 saturated carbocycles. The zero-order chi connectivity index (χ0) is 34.3. The van der Waals surface area contributed by atoms with Crippen molar-refractivity contribution in [2.24, 2.45) is 0 Å². The molecule has 3 aromatic carbocycles. The number of anilines is 1. The first-order valence-electron chi connectivity index (χ1n) is 15.3. The van der Waals surface area contributed by atoms with Gasteiger partial charge in [0, 0.05) is 33.6 Å². The number of carbonyl (C=O) groups excluding carboxylic acids is 3. The molecule has 3 amide bonds. The maximum absolute atomic E-state index is 14.8. The molecule has 2 aliphatic heterocycles. The second kappa shape index (κ2) is 13.1. The van der Waals surface area contributed by atoms with Crippen LogP contribution in [0.15, 0.2) is 54.6 Å². The summed E-state index contributed by atoms with van der Waals surface area (Å²) in [5, 5.41) is 6.58. The van der Waals surface area contributed by atoms with Crippen molar-refractivity contribution < 1.29 is 31.9 Å². The van der Waals surface area contributed by atoms with Gasteiger partial charge in [-0.15, -0.1) is 0 Å². The van der Waals surface area contributed by atoms with Crippen LogP contribution in [-0.2, 0) is 29.8 Å². The summed E-state index contributed by atoms with van der Waals surface area (Å²) >= 11 is 12.9. The number of carbonyl (C=O) groups is 3. The number of benzene rings is 3. The van der Waals surface area contributed by atoms with E-state index in [2.05, 4.69) is 15.4 Å². The van der Waals surface area contributed by atoms with Crippen LogP contribution in [0.25, 0.3) is 0 Å². The highest BCUT2D eigenvalue weighted by Crippen LogP contribution is 2.59. The highest BCUT2D eigenvalue weighted by molar-refractivity contribution is 7.89. The number of amides is 3. The SMILES string of the molecule is CCCC(CCC)(Oc1ccc(Cl)cc1[C@H]1CC(=O)N[C@@H](c2cc(F)ccc2C)[C@]12C(=O)Nc1cc(Cl)ccc12)C(=O)NS(C)(=O)=O. The zero-order valence-electron chi connectivity index (χ0n) is 26.4. The number of piperidine rings is 1. The second-order valence-corrected chi connectivity index (χ2v) is 14.9. The summed E-state index contributed by atoms with van der Waals surface area (Å²) in [4.78, 5) is 41.8. The van der Waals surface area contributed by atoms with Gasteiger partial charge in [-0.25, -0.2) is 17.5 Å². The molecule has 1 fully saturated rings. The molecule has 1 spiro atoms. The lowest BCUT2D eigenvalue weighted by Crippen LogP contribution is -2.57. The fourth-order valence-corrected chi connectivity index (χ4v) is 7.98. The average Bonchev–Trinajstić information content (AvgIpc) is 3.26. The van der Waals surface area contributed by atoms with Crippen LogP contribution in [0.5, 0.6) is 5.75 Å². The van der Waals surface area contributed by atoms with Crippen LogP contribution in [0.4, 0.5) is 10.1 Å². The fourth-order valence-electron chi connectivity index (χ4n) is 7.11. The molecular formula is C34H36Cl2FN3O6S. The molecule has 2 heterocycles. The number of aryl methyl sites for hydroxylation is 1. The first kappa shape index (κ1) is 34.7. The highest BCUT2D eigenvalue weighted by Gasteiger charge is 2.62. The van der Waals surface area contributed by atoms with Crippen LogP contribution in [0.2, 0.25) is 10.0 Å². The second-order valence-electron chi connectivity index (χ2n) is 12.3. The minimum atomic E-state index is -3.94. The molecule has 2 aliphatic rings. The Morgan fingerprint density at radius 3 is 2.34 bits per heavy atom. The number of hydrogen-bond acceptors (Lipinski definition) is 6. The Hall–Kier alpha value is -3.67. The fraction of sp³-hybridized carbons (Fsp3) is 0.382.